The van der Waals surface area contributed by atoms with E-state index in [-0.39, 0.29) is 41.9 Å². The van der Waals surface area contributed by atoms with Crippen LogP contribution in [0.4, 0.5) is 0 Å². The van der Waals surface area contributed by atoms with Crippen LogP contribution in [0.2, 0.25) is 0 Å². The summed E-state index contributed by atoms with van der Waals surface area (Å²) in [6.45, 7) is 3.88. The van der Waals surface area contributed by atoms with E-state index >= 15 is 0 Å². The monoisotopic (exact) mass is 385 g/mol. The van der Waals surface area contributed by atoms with E-state index < -0.39 is 12.0 Å². The Kier molecular flexibility index (Phi) is 5.82. The van der Waals surface area contributed by atoms with Crippen LogP contribution in [0.1, 0.15) is 62.9 Å². The summed E-state index contributed by atoms with van der Waals surface area (Å²) in [4.78, 5) is 44.0. The average Bonchev–Trinajstić information content (AvgIpc) is 3.18. The number of Topliss-reactive ketones (excluding diaryl/α,β-unsaturated/α-hetero) is 1. The van der Waals surface area contributed by atoms with Gasteiger partial charge in [-0.1, -0.05) is 12.8 Å². The molecule has 0 bridgehead atoms. The van der Waals surface area contributed by atoms with Crippen molar-refractivity contribution >= 4 is 17.6 Å². The molecule has 1 aromatic heterocycles. The van der Waals surface area contributed by atoms with Gasteiger partial charge in [-0.25, -0.2) is 4.98 Å². The quantitative estimate of drug-likeness (QED) is 0.558. The van der Waals surface area contributed by atoms with Gasteiger partial charge in [0.05, 0.1) is 18.6 Å². The minimum Gasteiger partial charge on any atom is -0.351 e. The molecule has 0 unspecified atom stereocenters. The van der Waals surface area contributed by atoms with Gasteiger partial charge in [0.25, 0.3) is 0 Å². The van der Waals surface area contributed by atoms with Crippen LogP contribution in [0.25, 0.3) is 0 Å². The minimum absolute atomic E-state index is 0.0801. The topological polar surface area (TPSA) is 128 Å². The van der Waals surface area contributed by atoms with E-state index in [1.807, 2.05) is 13.8 Å². The molecule has 8 heteroatoms. The minimum atomic E-state index is -0.749. The zero-order chi connectivity index (χ0) is 20.3. The summed E-state index contributed by atoms with van der Waals surface area (Å²) in [6.07, 6.45) is 6.66. The van der Waals surface area contributed by atoms with Gasteiger partial charge in [-0.3, -0.25) is 14.4 Å². The first-order chi connectivity index (χ1) is 13.3. The Morgan fingerprint density at radius 1 is 1.39 bits per heavy atom. The standard InChI is InChI=1S/C20H27N5O3/c1-20(2)8-14(19(28)25-20)6-15(9-21)24-18(27)13(5-12-3-4-12)7-17(26)16-10-22-11-23-16/h10-15H,3-8H2,1-2H3,(H,22,23)(H,24,27)(H,25,28)/t13-,14-,15+/m1/s1. The van der Waals surface area contributed by atoms with Crippen molar-refractivity contribution in [3.63, 3.8) is 0 Å². The van der Waals surface area contributed by atoms with E-state index in [1.165, 1.54) is 12.5 Å². The molecule has 28 heavy (non-hydrogen) atoms. The summed E-state index contributed by atoms with van der Waals surface area (Å²) in [5.74, 6) is -0.843. The third-order valence-electron chi connectivity index (χ3n) is 5.50. The molecule has 1 aromatic rings. The molecule has 3 atom stereocenters. The number of amides is 2. The number of carbonyl (C=O) groups is 3. The van der Waals surface area contributed by atoms with Gasteiger partial charge in [0, 0.05) is 23.8 Å². The molecule has 2 heterocycles. The number of nitrogens with one attached hydrogen (secondary N) is 3. The third kappa shape index (κ3) is 5.18. The zero-order valence-electron chi connectivity index (χ0n) is 16.3. The second kappa shape index (κ2) is 8.13. The van der Waals surface area contributed by atoms with E-state index in [0.29, 0.717) is 24.5 Å². The second-order valence-corrected chi connectivity index (χ2v) is 8.67. The van der Waals surface area contributed by atoms with Crippen LogP contribution in [0, 0.1) is 29.1 Å². The molecule has 3 N–H and O–H groups in total. The molecular formula is C20H27N5O3. The van der Waals surface area contributed by atoms with Crippen molar-refractivity contribution in [3.05, 3.63) is 18.2 Å². The maximum Gasteiger partial charge on any atom is 0.224 e. The third-order valence-corrected chi connectivity index (χ3v) is 5.50. The number of aromatic nitrogens is 2. The maximum atomic E-state index is 12.8. The number of nitriles is 1. The smallest absolute Gasteiger partial charge is 0.224 e. The SMILES string of the molecule is CC1(C)C[C@@H](C[C@@H](C#N)NC(=O)[C@@H](CC(=O)c2cnc[nH]2)CC2CC2)C(=O)N1. The van der Waals surface area contributed by atoms with E-state index in [2.05, 4.69) is 26.7 Å². The molecule has 1 aliphatic carbocycles. The highest BCUT2D eigenvalue weighted by Gasteiger charge is 2.39. The van der Waals surface area contributed by atoms with Crippen molar-refractivity contribution in [2.24, 2.45) is 17.8 Å². The van der Waals surface area contributed by atoms with Gasteiger partial charge in [0.1, 0.15) is 11.7 Å². The highest BCUT2D eigenvalue weighted by molar-refractivity contribution is 5.97. The van der Waals surface area contributed by atoms with Gasteiger partial charge in [-0.15, -0.1) is 0 Å². The van der Waals surface area contributed by atoms with Crippen molar-refractivity contribution in [1.29, 1.82) is 5.26 Å². The number of carbonyl (C=O) groups excluding carboxylic acids is 3. The first-order valence-corrected chi connectivity index (χ1v) is 9.81. The zero-order valence-corrected chi connectivity index (χ0v) is 16.3. The summed E-state index contributed by atoms with van der Waals surface area (Å²) in [5, 5.41) is 15.2. The molecule has 150 valence electrons. The molecule has 2 aliphatic rings. The molecule has 0 spiro atoms. The Balaban J connectivity index is 1.60. The summed E-state index contributed by atoms with van der Waals surface area (Å²) in [6, 6.07) is 1.35. The first-order valence-electron chi connectivity index (χ1n) is 9.81. The highest BCUT2D eigenvalue weighted by atomic mass is 16.2. The van der Waals surface area contributed by atoms with Crippen molar-refractivity contribution in [1.82, 2.24) is 20.6 Å². The molecule has 1 saturated carbocycles. The van der Waals surface area contributed by atoms with Gasteiger partial charge in [0.2, 0.25) is 11.8 Å². The van der Waals surface area contributed by atoms with Crippen molar-refractivity contribution in [2.45, 2.75) is 64.0 Å². The van der Waals surface area contributed by atoms with Crippen LogP contribution in [0.3, 0.4) is 0 Å². The van der Waals surface area contributed by atoms with Gasteiger partial charge in [-0.05, 0) is 39.0 Å². The number of hydrogen-bond donors (Lipinski definition) is 3. The molecule has 3 rings (SSSR count). The second-order valence-electron chi connectivity index (χ2n) is 8.67. The fourth-order valence-corrected chi connectivity index (χ4v) is 3.88. The largest absolute Gasteiger partial charge is 0.351 e. The van der Waals surface area contributed by atoms with E-state index in [9.17, 15) is 19.6 Å². The van der Waals surface area contributed by atoms with Crippen LogP contribution < -0.4 is 10.6 Å². The molecule has 0 aromatic carbocycles. The van der Waals surface area contributed by atoms with E-state index in [4.69, 9.17) is 0 Å². The predicted octanol–water partition coefficient (Wildman–Crippen LogP) is 1.71. The Bertz CT molecular complexity index is 776. The fourth-order valence-electron chi connectivity index (χ4n) is 3.88. The fraction of sp³-hybridized carbons (Fsp3) is 0.650. The predicted molar refractivity (Wildman–Crippen MR) is 101 cm³/mol. The number of aromatic amines is 1. The molecule has 1 saturated heterocycles. The van der Waals surface area contributed by atoms with Crippen molar-refractivity contribution in [3.8, 4) is 6.07 Å². The number of ketones is 1. The van der Waals surface area contributed by atoms with Gasteiger partial charge < -0.3 is 15.6 Å². The number of imidazole rings is 1. The van der Waals surface area contributed by atoms with Gasteiger partial charge in [0.15, 0.2) is 5.78 Å². The average molecular weight is 385 g/mol. The van der Waals surface area contributed by atoms with Gasteiger partial charge >= 0.3 is 0 Å². The molecule has 1 aliphatic heterocycles. The lowest BCUT2D eigenvalue weighted by atomic mass is 9.91. The Morgan fingerprint density at radius 2 is 2.14 bits per heavy atom. The normalized spacial score (nSPS) is 22.8. The maximum absolute atomic E-state index is 12.8. The van der Waals surface area contributed by atoms with Crippen LogP contribution in [-0.4, -0.2) is 39.1 Å². The molecule has 0 radical (unpaired) electrons. The molecule has 2 amide bonds. The summed E-state index contributed by atoms with van der Waals surface area (Å²) in [5.41, 5.74) is 0.0897. The summed E-state index contributed by atoms with van der Waals surface area (Å²) in [7, 11) is 0. The number of H-pyrrole nitrogens is 1. The number of hydrogen-bond acceptors (Lipinski definition) is 5. The lowest BCUT2D eigenvalue weighted by molar-refractivity contribution is -0.127. The summed E-state index contributed by atoms with van der Waals surface area (Å²) < 4.78 is 0. The van der Waals surface area contributed by atoms with E-state index in [1.54, 1.807) is 0 Å². The molecule has 8 nitrogen and oxygen atoms in total. The van der Waals surface area contributed by atoms with Crippen LogP contribution in [0.5, 0.6) is 0 Å². The van der Waals surface area contributed by atoms with Crippen LogP contribution in [0.15, 0.2) is 12.5 Å². The van der Waals surface area contributed by atoms with Gasteiger partial charge in [-0.2, -0.15) is 5.26 Å². The Morgan fingerprint density at radius 3 is 2.68 bits per heavy atom. The first kappa shape index (κ1) is 20.1. The van der Waals surface area contributed by atoms with Crippen LogP contribution >= 0.6 is 0 Å². The van der Waals surface area contributed by atoms with Crippen LogP contribution in [-0.2, 0) is 9.59 Å². The summed E-state index contributed by atoms with van der Waals surface area (Å²) >= 11 is 0. The molecule has 2 fully saturated rings. The molecular weight excluding hydrogens is 358 g/mol. The van der Waals surface area contributed by atoms with E-state index in [0.717, 1.165) is 12.8 Å². The number of nitrogens with zero attached hydrogens (tertiary/aromatic N) is 2. The highest BCUT2D eigenvalue weighted by Crippen LogP contribution is 2.36. The Hall–Kier alpha value is -2.69. The lowest BCUT2D eigenvalue weighted by Crippen LogP contribution is -2.40. The van der Waals surface area contributed by atoms with Crippen molar-refractivity contribution < 1.29 is 14.4 Å². The number of rotatable bonds is 9. The Labute approximate surface area is 164 Å². The van der Waals surface area contributed by atoms with Crippen molar-refractivity contribution in [2.75, 3.05) is 0 Å². The lowest BCUT2D eigenvalue weighted by Gasteiger charge is -2.20.